The molecule has 0 spiro atoms. The fourth-order valence-corrected chi connectivity index (χ4v) is 4.24. The number of aromatic nitrogens is 5. The van der Waals surface area contributed by atoms with Gasteiger partial charge in [0.2, 0.25) is 0 Å². The van der Waals surface area contributed by atoms with E-state index in [4.69, 9.17) is 0 Å². The average Bonchev–Trinajstić information content (AvgIpc) is 3.05. The number of benzene rings is 1. The van der Waals surface area contributed by atoms with E-state index in [1.807, 2.05) is 24.4 Å². The lowest BCUT2D eigenvalue weighted by Gasteiger charge is -2.33. The van der Waals surface area contributed by atoms with E-state index in [1.54, 1.807) is 12.4 Å². The Bertz CT molecular complexity index is 1090. The Morgan fingerprint density at radius 2 is 1.74 bits per heavy atom. The zero-order valence-corrected chi connectivity index (χ0v) is 15.4. The van der Waals surface area contributed by atoms with E-state index in [2.05, 4.69) is 48.5 Å². The number of nitrogens with zero attached hydrogens (tertiary/aromatic N) is 6. The molecule has 1 aromatic carbocycles. The first kappa shape index (κ1) is 16.3. The number of para-hydroxylation sites is 1. The molecule has 4 heterocycles. The molecule has 0 radical (unpaired) electrons. The number of piperidine rings is 1. The molecule has 5 rings (SSSR count). The highest BCUT2D eigenvalue weighted by atomic mass is 15.2. The summed E-state index contributed by atoms with van der Waals surface area (Å²) in [7, 11) is 0. The molecule has 0 saturated carbocycles. The third-order valence-electron chi connectivity index (χ3n) is 5.52. The monoisotopic (exact) mass is 358 g/mol. The first-order chi connectivity index (χ1) is 13.3. The fraction of sp³-hybridized carbons (Fsp3) is 0.333. The molecule has 0 N–H and O–H groups in total. The summed E-state index contributed by atoms with van der Waals surface area (Å²) in [5.74, 6) is 1.06. The summed E-state index contributed by atoms with van der Waals surface area (Å²) in [6.45, 7) is 5.13. The van der Waals surface area contributed by atoms with E-state index in [9.17, 15) is 0 Å². The van der Waals surface area contributed by atoms with Crippen LogP contribution in [0, 0.1) is 6.92 Å². The van der Waals surface area contributed by atoms with E-state index in [0.717, 1.165) is 60.5 Å². The number of imidazole rings is 1. The van der Waals surface area contributed by atoms with Crippen molar-refractivity contribution in [1.82, 2.24) is 29.4 Å². The Morgan fingerprint density at radius 3 is 2.63 bits per heavy atom. The molecule has 0 amide bonds. The van der Waals surface area contributed by atoms with Crippen molar-refractivity contribution in [3.63, 3.8) is 0 Å². The van der Waals surface area contributed by atoms with Crippen molar-refractivity contribution >= 4 is 22.2 Å². The minimum atomic E-state index is 0.466. The molecule has 0 aliphatic carbocycles. The summed E-state index contributed by atoms with van der Waals surface area (Å²) in [6.07, 6.45) is 7.61. The van der Waals surface area contributed by atoms with Gasteiger partial charge in [0, 0.05) is 44.3 Å². The van der Waals surface area contributed by atoms with E-state index in [1.165, 1.54) is 5.56 Å². The molecule has 4 aromatic rings. The molecule has 136 valence electrons. The molecule has 1 saturated heterocycles. The van der Waals surface area contributed by atoms with Gasteiger partial charge in [-0.2, -0.15) is 0 Å². The minimum Gasteiger partial charge on any atom is -0.310 e. The molecule has 1 aliphatic heterocycles. The SMILES string of the molecule is Cc1nc2cccnc2n1C1CCN(Cc2cccc3nccnc23)CC1. The molecule has 27 heavy (non-hydrogen) atoms. The largest absolute Gasteiger partial charge is 0.310 e. The van der Waals surface area contributed by atoms with Crippen LogP contribution in [0.25, 0.3) is 22.2 Å². The molecule has 3 aromatic heterocycles. The van der Waals surface area contributed by atoms with Gasteiger partial charge in [-0.1, -0.05) is 12.1 Å². The maximum atomic E-state index is 4.68. The Balaban J connectivity index is 1.33. The fourth-order valence-electron chi connectivity index (χ4n) is 4.24. The van der Waals surface area contributed by atoms with Crippen LogP contribution in [0.1, 0.15) is 30.3 Å². The maximum absolute atomic E-state index is 4.68. The third kappa shape index (κ3) is 2.96. The van der Waals surface area contributed by atoms with Crippen LogP contribution in [0.3, 0.4) is 0 Å². The molecule has 0 bridgehead atoms. The van der Waals surface area contributed by atoms with Gasteiger partial charge in [-0.25, -0.2) is 9.97 Å². The number of rotatable bonds is 3. The van der Waals surface area contributed by atoms with Gasteiger partial charge in [-0.15, -0.1) is 0 Å². The normalized spacial score (nSPS) is 16.3. The van der Waals surface area contributed by atoms with Crippen LogP contribution in [-0.4, -0.2) is 42.5 Å². The first-order valence-corrected chi connectivity index (χ1v) is 9.50. The lowest BCUT2D eigenvalue weighted by molar-refractivity contribution is 0.180. The number of pyridine rings is 1. The van der Waals surface area contributed by atoms with Crippen molar-refractivity contribution in [3.8, 4) is 0 Å². The highest BCUT2D eigenvalue weighted by Crippen LogP contribution is 2.28. The zero-order chi connectivity index (χ0) is 18.2. The van der Waals surface area contributed by atoms with Crippen molar-refractivity contribution in [2.45, 2.75) is 32.4 Å². The lowest BCUT2D eigenvalue weighted by atomic mass is 10.0. The first-order valence-electron chi connectivity index (χ1n) is 9.50. The molecule has 6 heteroatoms. The van der Waals surface area contributed by atoms with Crippen LogP contribution in [-0.2, 0) is 6.54 Å². The van der Waals surface area contributed by atoms with Gasteiger partial charge in [0.15, 0.2) is 5.65 Å². The van der Waals surface area contributed by atoms with E-state index < -0.39 is 0 Å². The molecule has 6 nitrogen and oxygen atoms in total. The Kier molecular flexibility index (Phi) is 4.05. The number of fused-ring (bicyclic) bond motifs is 2. The molecule has 0 unspecified atom stereocenters. The van der Waals surface area contributed by atoms with Crippen LogP contribution in [0.4, 0.5) is 0 Å². The van der Waals surface area contributed by atoms with Gasteiger partial charge in [-0.05, 0) is 43.5 Å². The second-order valence-electron chi connectivity index (χ2n) is 7.22. The Labute approximate surface area is 157 Å². The van der Waals surface area contributed by atoms with Crippen molar-refractivity contribution in [2.75, 3.05) is 13.1 Å². The van der Waals surface area contributed by atoms with E-state index in [0.29, 0.717) is 6.04 Å². The number of aryl methyl sites for hydroxylation is 1. The zero-order valence-electron chi connectivity index (χ0n) is 15.4. The standard InChI is InChI=1S/C21H22N6/c1-15-25-19-6-3-9-24-21(19)27(15)17-7-12-26(13-8-17)14-16-4-2-5-18-20(16)23-11-10-22-18/h2-6,9-11,17H,7-8,12-14H2,1H3. The predicted molar refractivity (Wildman–Crippen MR) is 105 cm³/mol. The maximum Gasteiger partial charge on any atom is 0.160 e. The van der Waals surface area contributed by atoms with E-state index in [-0.39, 0.29) is 0 Å². The number of hydrogen-bond donors (Lipinski definition) is 0. The quantitative estimate of drug-likeness (QED) is 0.561. The van der Waals surface area contributed by atoms with Gasteiger partial charge in [-0.3, -0.25) is 14.9 Å². The summed E-state index contributed by atoms with van der Waals surface area (Å²) in [6, 6.07) is 10.7. The highest BCUT2D eigenvalue weighted by molar-refractivity contribution is 5.77. The minimum absolute atomic E-state index is 0.466. The Morgan fingerprint density at radius 1 is 0.926 bits per heavy atom. The van der Waals surface area contributed by atoms with Crippen LogP contribution in [0.15, 0.2) is 48.9 Å². The van der Waals surface area contributed by atoms with Gasteiger partial charge in [0.25, 0.3) is 0 Å². The third-order valence-corrected chi connectivity index (χ3v) is 5.52. The van der Waals surface area contributed by atoms with Crippen molar-refractivity contribution in [1.29, 1.82) is 0 Å². The van der Waals surface area contributed by atoms with Crippen molar-refractivity contribution < 1.29 is 0 Å². The highest BCUT2D eigenvalue weighted by Gasteiger charge is 2.24. The Hall–Kier alpha value is -2.86. The molecule has 1 fully saturated rings. The summed E-state index contributed by atoms with van der Waals surface area (Å²) in [4.78, 5) is 20.7. The summed E-state index contributed by atoms with van der Waals surface area (Å²) in [5, 5.41) is 0. The van der Waals surface area contributed by atoms with Crippen LogP contribution < -0.4 is 0 Å². The van der Waals surface area contributed by atoms with Gasteiger partial charge in [0.05, 0.1) is 11.0 Å². The smallest absolute Gasteiger partial charge is 0.160 e. The second kappa shape index (κ2) is 6.70. The average molecular weight is 358 g/mol. The van der Waals surface area contributed by atoms with Crippen LogP contribution in [0.5, 0.6) is 0 Å². The van der Waals surface area contributed by atoms with Crippen molar-refractivity contribution in [2.24, 2.45) is 0 Å². The molecular formula is C21H22N6. The van der Waals surface area contributed by atoms with E-state index >= 15 is 0 Å². The van der Waals surface area contributed by atoms with Crippen LogP contribution >= 0.6 is 0 Å². The van der Waals surface area contributed by atoms with Crippen molar-refractivity contribution in [3.05, 3.63) is 60.3 Å². The number of hydrogen-bond acceptors (Lipinski definition) is 5. The second-order valence-corrected chi connectivity index (χ2v) is 7.22. The van der Waals surface area contributed by atoms with Crippen LogP contribution in [0.2, 0.25) is 0 Å². The topological polar surface area (TPSA) is 59.7 Å². The van der Waals surface area contributed by atoms with Gasteiger partial charge < -0.3 is 4.57 Å². The number of likely N-dealkylation sites (tertiary alicyclic amines) is 1. The molecular weight excluding hydrogens is 336 g/mol. The summed E-state index contributed by atoms with van der Waals surface area (Å²) < 4.78 is 2.33. The van der Waals surface area contributed by atoms with Gasteiger partial charge >= 0.3 is 0 Å². The summed E-state index contributed by atoms with van der Waals surface area (Å²) >= 11 is 0. The molecule has 0 atom stereocenters. The summed E-state index contributed by atoms with van der Waals surface area (Å²) in [5.41, 5.74) is 5.24. The lowest BCUT2D eigenvalue weighted by Crippen LogP contribution is -2.34. The molecule has 1 aliphatic rings. The van der Waals surface area contributed by atoms with Gasteiger partial charge in [0.1, 0.15) is 11.3 Å². The predicted octanol–water partition coefficient (Wildman–Crippen LogP) is 3.52.